The number of nitrogens with zero attached hydrogens (tertiary/aromatic N) is 1. The predicted octanol–water partition coefficient (Wildman–Crippen LogP) is 2.76. The summed E-state index contributed by atoms with van der Waals surface area (Å²) in [6.45, 7) is 0. The van der Waals surface area contributed by atoms with Gasteiger partial charge in [0.15, 0.2) is 11.5 Å². The van der Waals surface area contributed by atoms with Gasteiger partial charge in [-0.2, -0.15) is 5.26 Å². The fraction of sp³-hybridized carbons (Fsp3) is 0.364. The van der Waals surface area contributed by atoms with Crippen LogP contribution in [0.2, 0.25) is 5.02 Å². The molecule has 0 heterocycles. The van der Waals surface area contributed by atoms with Gasteiger partial charge in [-0.25, -0.2) is 0 Å². The molecule has 1 saturated carbocycles. The first-order valence-corrected chi connectivity index (χ1v) is 5.06. The van der Waals surface area contributed by atoms with Crippen molar-refractivity contribution in [3.8, 4) is 17.6 Å². The van der Waals surface area contributed by atoms with Gasteiger partial charge in [0.1, 0.15) is 6.07 Å². The molecule has 0 bridgehead atoms. The van der Waals surface area contributed by atoms with Crippen LogP contribution in [0.1, 0.15) is 18.4 Å². The number of hydrogen-bond acceptors (Lipinski definition) is 3. The molecule has 1 aliphatic rings. The van der Waals surface area contributed by atoms with E-state index in [1.54, 1.807) is 12.1 Å². The molecule has 15 heavy (non-hydrogen) atoms. The monoisotopic (exact) mass is 223 g/mol. The maximum absolute atomic E-state index is 8.95. The van der Waals surface area contributed by atoms with Gasteiger partial charge in [-0.3, -0.25) is 0 Å². The normalized spacial score (nSPS) is 14.5. The lowest BCUT2D eigenvalue weighted by molar-refractivity contribution is 0.281. The summed E-state index contributed by atoms with van der Waals surface area (Å²) in [6, 6.07) is 5.29. The maximum Gasteiger partial charge on any atom is 0.179 e. The van der Waals surface area contributed by atoms with Gasteiger partial charge < -0.3 is 9.47 Å². The van der Waals surface area contributed by atoms with Crippen LogP contribution in [0.4, 0.5) is 0 Å². The van der Waals surface area contributed by atoms with Crippen molar-refractivity contribution in [2.24, 2.45) is 0 Å². The fourth-order valence-electron chi connectivity index (χ4n) is 1.28. The molecular formula is C11H10ClNO2. The first kappa shape index (κ1) is 10.1. The fourth-order valence-corrected chi connectivity index (χ4v) is 1.49. The molecule has 1 aromatic carbocycles. The van der Waals surface area contributed by atoms with Crippen molar-refractivity contribution >= 4 is 11.6 Å². The van der Waals surface area contributed by atoms with E-state index in [0.717, 1.165) is 12.8 Å². The summed E-state index contributed by atoms with van der Waals surface area (Å²) in [7, 11) is 1.53. The second kappa shape index (κ2) is 4.00. The first-order chi connectivity index (χ1) is 7.24. The molecule has 78 valence electrons. The Balaban J connectivity index is 2.42. The van der Waals surface area contributed by atoms with Crippen molar-refractivity contribution < 1.29 is 9.47 Å². The number of nitriles is 1. The zero-order valence-corrected chi connectivity index (χ0v) is 9.04. The van der Waals surface area contributed by atoms with Crippen LogP contribution in [0.5, 0.6) is 11.5 Å². The van der Waals surface area contributed by atoms with Gasteiger partial charge in [0.05, 0.1) is 18.8 Å². The molecule has 0 spiro atoms. The highest BCUT2D eigenvalue weighted by Gasteiger charge is 2.26. The molecule has 3 nitrogen and oxygen atoms in total. The maximum atomic E-state index is 8.95. The van der Waals surface area contributed by atoms with E-state index in [-0.39, 0.29) is 6.10 Å². The van der Waals surface area contributed by atoms with Gasteiger partial charge >= 0.3 is 0 Å². The molecule has 1 aliphatic carbocycles. The summed E-state index contributed by atoms with van der Waals surface area (Å²) < 4.78 is 10.8. The Morgan fingerprint density at radius 2 is 2.20 bits per heavy atom. The van der Waals surface area contributed by atoms with Crippen LogP contribution in [0.25, 0.3) is 0 Å². The van der Waals surface area contributed by atoms with Crippen molar-refractivity contribution in [2.45, 2.75) is 18.9 Å². The lowest BCUT2D eigenvalue weighted by Gasteiger charge is -2.11. The second-order valence-corrected chi connectivity index (χ2v) is 3.85. The van der Waals surface area contributed by atoms with Crippen molar-refractivity contribution in [1.29, 1.82) is 5.26 Å². The highest BCUT2D eigenvalue weighted by molar-refractivity contribution is 6.30. The molecule has 0 aromatic heterocycles. The average Bonchev–Trinajstić information content (AvgIpc) is 3.03. The molecule has 0 aliphatic heterocycles. The van der Waals surface area contributed by atoms with Crippen molar-refractivity contribution in [3.63, 3.8) is 0 Å². The Bertz CT molecular complexity index is 421. The number of halogens is 1. The van der Waals surface area contributed by atoms with Gasteiger partial charge in [-0.15, -0.1) is 0 Å². The summed E-state index contributed by atoms with van der Waals surface area (Å²) >= 11 is 5.85. The smallest absolute Gasteiger partial charge is 0.179 e. The Kier molecular flexibility index (Phi) is 2.70. The standard InChI is InChI=1S/C11H10ClNO2/c1-14-10-5-8(12)4-7(6-13)11(10)15-9-2-3-9/h4-5,9H,2-3H2,1H3. The molecule has 0 saturated heterocycles. The average molecular weight is 224 g/mol. The van der Waals surface area contributed by atoms with Crippen molar-refractivity contribution in [3.05, 3.63) is 22.7 Å². The summed E-state index contributed by atoms with van der Waals surface area (Å²) in [5, 5.41) is 9.43. The molecule has 4 heteroatoms. The van der Waals surface area contributed by atoms with Gasteiger partial charge in [-0.05, 0) is 18.9 Å². The Morgan fingerprint density at radius 3 is 2.73 bits per heavy atom. The van der Waals surface area contributed by atoms with Crippen LogP contribution in [0.3, 0.4) is 0 Å². The Hall–Kier alpha value is -1.40. The molecule has 0 N–H and O–H groups in total. The van der Waals surface area contributed by atoms with Crippen LogP contribution in [-0.4, -0.2) is 13.2 Å². The van der Waals surface area contributed by atoms with Gasteiger partial charge in [-0.1, -0.05) is 11.6 Å². The van der Waals surface area contributed by atoms with E-state index in [2.05, 4.69) is 6.07 Å². The second-order valence-electron chi connectivity index (χ2n) is 3.41. The molecule has 0 radical (unpaired) electrons. The number of rotatable bonds is 3. The summed E-state index contributed by atoms with van der Waals surface area (Å²) in [6.07, 6.45) is 2.31. The Labute approximate surface area is 93.2 Å². The van der Waals surface area contributed by atoms with E-state index >= 15 is 0 Å². The predicted molar refractivity (Wildman–Crippen MR) is 56.4 cm³/mol. The summed E-state index contributed by atoms with van der Waals surface area (Å²) in [4.78, 5) is 0. The van der Waals surface area contributed by atoms with E-state index in [1.807, 2.05) is 0 Å². The third kappa shape index (κ3) is 2.16. The van der Waals surface area contributed by atoms with E-state index in [4.69, 9.17) is 26.3 Å². The van der Waals surface area contributed by atoms with Crippen molar-refractivity contribution in [1.82, 2.24) is 0 Å². The molecule has 0 atom stereocenters. The van der Waals surface area contributed by atoms with Gasteiger partial charge in [0.25, 0.3) is 0 Å². The highest BCUT2D eigenvalue weighted by Crippen LogP contribution is 2.38. The minimum absolute atomic E-state index is 0.229. The highest BCUT2D eigenvalue weighted by atomic mass is 35.5. The third-order valence-corrected chi connectivity index (χ3v) is 2.39. The lowest BCUT2D eigenvalue weighted by atomic mass is 10.2. The molecule has 0 amide bonds. The SMILES string of the molecule is COc1cc(Cl)cc(C#N)c1OC1CC1. The topological polar surface area (TPSA) is 42.2 Å². The van der Waals surface area contributed by atoms with Crippen LogP contribution in [0, 0.1) is 11.3 Å². The Morgan fingerprint density at radius 1 is 1.47 bits per heavy atom. The summed E-state index contributed by atoms with van der Waals surface area (Å²) in [5.41, 5.74) is 0.422. The minimum atomic E-state index is 0.229. The lowest BCUT2D eigenvalue weighted by Crippen LogP contribution is -2.00. The molecule has 2 rings (SSSR count). The first-order valence-electron chi connectivity index (χ1n) is 4.69. The van der Waals surface area contributed by atoms with Gasteiger partial charge in [0, 0.05) is 11.1 Å². The minimum Gasteiger partial charge on any atom is -0.493 e. The number of benzene rings is 1. The molecule has 0 unspecified atom stereocenters. The van der Waals surface area contributed by atoms with Crippen LogP contribution < -0.4 is 9.47 Å². The summed E-state index contributed by atoms with van der Waals surface area (Å²) in [5.74, 6) is 1.03. The zero-order valence-electron chi connectivity index (χ0n) is 8.29. The largest absolute Gasteiger partial charge is 0.493 e. The molecular weight excluding hydrogens is 214 g/mol. The third-order valence-electron chi connectivity index (χ3n) is 2.17. The number of hydrogen-bond donors (Lipinski definition) is 0. The van der Waals surface area contributed by atoms with Crippen LogP contribution in [-0.2, 0) is 0 Å². The molecule has 1 aromatic rings. The van der Waals surface area contributed by atoms with E-state index in [0.29, 0.717) is 22.1 Å². The van der Waals surface area contributed by atoms with Crippen molar-refractivity contribution in [2.75, 3.05) is 7.11 Å². The van der Waals surface area contributed by atoms with E-state index in [1.165, 1.54) is 7.11 Å². The van der Waals surface area contributed by atoms with Crippen LogP contribution in [0.15, 0.2) is 12.1 Å². The van der Waals surface area contributed by atoms with Crippen LogP contribution >= 0.6 is 11.6 Å². The number of ether oxygens (including phenoxy) is 2. The number of methoxy groups -OCH3 is 1. The van der Waals surface area contributed by atoms with Gasteiger partial charge in [0.2, 0.25) is 0 Å². The quantitative estimate of drug-likeness (QED) is 0.791. The molecule has 1 fully saturated rings. The van der Waals surface area contributed by atoms with E-state index < -0.39 is 0 Å². The van der Waals surface area contributed by atoms with E-state index in [9.17, 15) is 0 Å². The zero-order chi connectivity index (χ0) is 10.8.